The molecule has 0 fully saturated rings. The quantitative estimate of drug-likeness (QED) is 0.0893. The van der Waals surface area contributed by atoms with Crippen LogP contribution in [0.15, 0.2) is 54.6 Å². The topological polar surface area (TPSA) is 109 Å². The number of aryl methyl sites for hydroxylation is 1. The molecule has 0 bridgehead atoms. The van der Waals surface area contributed by atoms with Crippen molar-refractivity contribution in [2.24, 2.45) is 0 Å². The maximum Gasteiger partial charge on any atom is 0.341 e. The number of carbonyl (C=O) groups excluding carboxylic acids is 1. The third-order valence-electron chi connectivity index (χ3n) is 7.38. The Bertz CT molecular complexity index is 1590. The predicted octanol–water partition coefficient (Wildman–Crippen LogP) is 8.22. The molecule has 4 aromatic rings. The van der Waals surface area contributed by atoms with Gasteiger partial charge in [-0.1, -0.05) is 68.4 Å². The average Bonchev–Trinajstić information content (AvgIpc) is 3.36. The number of unbranched alkanes of at least 4 members (excludes halogenated alkanes) is 3. The number of nitrogens with zero attached hydrogens (tertiary/aromatic N) is 3. The zero-order chi connectivity index (χ0) is 31.6. The van der Waals surface area contributed by atoms with Crippen molar-refractivity contribution in [1.29, 1.82) is 0 Å². The van der Waals surface area contributed by atoms with Gasteiger partial charge in [0.25, 0.3) is 0 Å². The average molecular weight is 641 g/mol. The molecule has 0 aliphatic rings. The third kappa shape index (κ3) is 7.95. The molecule has 3 N–H and O–H groups in total. The summed E-state index contributed by atoms with van der Waals surface area (Å²) in [5.74, 6) is -0.186. The Morgan fingerprint density at radius 1 is 0.977 bits per heavy atom. The minimum atomic E-state index is -1.22. The van der Waals surface area contributed by atoms with Crippen molar-refractivity contribution < 1.29 is 19.4 Å². The van der Waals surface area contributed by atoms with E-state index in [2.05, 4.69) is 35.1 Å². The first-order valence-electron chi connectivity index (χ1n) is 14.9. The number of aromatic carboxylic acids is 1. The second-order valence-electron chi connectivity index (χ2n) is 10.5. The molecule has 9 nitrogen and oxygen atoms in total. The Kier molecular flexibility index (Phi) is 11.7. The number of rotatable bonds is 15. The van der Waals surface area contributed by atoms with Gasteiger partial charge in [-0.25, -0.2) is 14.6 Å². The number of hydrogen-bond donors (Lipinski definition) is 3. The number of fused-ring (bicyclic) bond motifs is 1. The second kappa shape index (κ2) is 15.7. The Morgan fingerprint density at radius 2 is 1.70 bits per heavy atom. The van der Waals surface area contributed by atoms with Gasteiger partial charge in [0.1, 0.15) is 11.4 Å². The summed E-state index contributed by atoms with van der Waals surface area (Å²) in [4.78, 5) is 31.2. The van der Waals surface area contributed by atoms with Crippen LogP contribution < -0.4 is 20.3 Å². The molecule has 3 aromatic carbocycles. The summed E-state index contributed by atoms with van der Waals surface area (Å²) in [5, 5.41) is 15.6. The van der Waals surface area contributed by atoms with Gasteiger partial charge >= 0.3 is 12.0 Å². The summed E-state index contributed by atoms with van der Waals surface area (Å²) in [6.07, 6.45) is 6.02. The van der Waals surface area contributed by atoms with E-state index in [0.29, 0.717) is 13.1 Å². The van der Waals surface area contributed by atoms with E-state index in [-0.39, 0.29) is 34.1 Å². The highest BCUT2D eigenvalue weighted by Crippen LogP contribution is 2.34. The molecule has 0 aliphatic heterocycles. The molecule has 0 atom stereocenters. The molecule has 44 heavy (non-hydrogen) atoms. The number of nitrogens with one attached hydrogen (secondary N) is 2. The first-order chi connectivity index (χ1) is 21.3. The van der Waals surface area contributed by atoms with Crippen molar-refractivity contribution in [3.63, 3.8) is 0 Å². The Morgan fingerprint density at radius 3 is 2.39 bits per heavy atom. The minimum absolute atomic E-state index is 0.00408. The number of carboxylic acids is 1. The number of carbonyl (C=O) groups is 2. The fourth-order valence-electron chi connectivity index (χ4n) is 5.01. The molecule has 234 valence electrons. The fraction of sp³-hybridized carbons (Fsp3) is 0.364. The summed E-state index contributed by atoms with van der Waals surface area (Å²) in [6.45, 7) is 5.58. The van der Waals surface area contributed by atoms with Crippen LogP contribution in [0.1, 0.15) is 67.7 Å². The molecule has 4 rings (SSSR count). The largest absolute Gasteiger partial charge is 0.478 e. The summed E-state index contributed by atoms with van der Waals surface area (Å²) in [7, 11) is 1.66. The molecule has 1 heterocycles. The molecule has 11 heteroatoms. The van der Waals surface area contributed by atoms with Gasteiger partial charge in [-0.3, -0.25) is 4.90 Å². The lowest BCUT2D eigenvalue weighted by atomic mass is 10.2. The first kappa shape index (κ1) is 33.0. The molecular formula is C33H39Cl2N5O4. The van der Waals surface area contributed by atoms with E-state index < -0.39 is 5.97 Å². The van der Waals surface area contributed by atoms with E-state index in [1.807, 2.05) is 36.4 Å². The van der Waals surface area contributed by atoms with E-state index in [9.17, 15) is 14.7 Å². The zero-order valence-electron chi connectivity index (χ0n) is 25.3. The highest BCUT2D eigenvalue weighted by Gasteiger charge is 2.20. The van der Waals surface area contributed by atoms with Gasteiger partial charge in [-0.05, 0) is 60.9 Å². The smallest absolute Gasteiger partial charge is 0.341 e. The molecule has 0 aliphatic carbocycles. The van der Waals surface area contributed by atoms with Gasteiger partial charge in [0.2, 0.25) is 0 Å². The number of ether oxygens (including phenoxy) is 1. The van der Waals surface area contributed by atoms with Gasteiger partial charge in [0.05, 0.1) is 21.1 Å². The summed E-state index contributed by atoms with van der Waals surface area (Å²) in [6, 6.07) is 16.8. The molecule has 0 spiro atoms. The molecule has 2 amide bonds. The lowest BCUT2D eigenvalue weighted by molar-refractivity contribution is 0.0692. The van der Waals surface area contributed by atoms with Crippen LogP contribution in [0.25, 0.3) is 11.0 Å². The van der Waals surface area contributed by atoms with Crippen LogP contribution in [-0.4, -0.2) is 47.0 Å². The normalized spacial score (nSPS) is 11.0. The standard InChI is InChI=1S/C33H39Cl2N5O4/c1-4-6-8-18-39(33(43)36-3)24-14-17-27-28(19-24)40(29(38-27)9-7-5-2)20-22-10-12-23(13-11-22)37-21-44-31-26(35)16-15-25(34)30(31)32(41)42/h10-17,19,37H,4-9,18,20-21H2,1-3H3,(H,36,43)(H,41,42). The van der Waals surface area contributed by atoms with Crippen LogP contribution in [0.5, 0.6) is 5.75 Å². The van der Waals surface area contributed by atoms with Gasteiger partial charge in [0.15, 0.2) is 12.5 Å². The number of aromatic nitrogens is 2. The molecule has 0 saturated heterocycles. The van der Waals surface area contributed by atoms with Gasteiger partial charge in [-0.15, -0.1) is 0 Å². The van der Waals surface area contributed by atoms with E-state index in [1.54, 1.807) is 11.9 Å². The van der Waals surface area contributed by atoms with Crippen LogP contribution >= 0.6 is 23.2 Å². The molecule has 1 aromatic heterocycles. The van der Waals surface area contributed by atoms with Crippen LogP contribution in [-0.2, 0) is 13.0 Å². The first-order valence-corrected chi connectivity index (χ1v) is 15.7. The Balaban J connectivity index is 1.54. The Hall–Kier alpha value is -3.95. The van der Waals surface area contributed by atoms with Crippen LogP contribution in [0.4, 0.5) is 16.2 Å². The predicted molar refractivity (Wildman–Crippen MR) is 178 cm³/mol. The number of imidazole rings is 1. The van der Waals surface area contributed by atoms with E-state index in [4.69, 9.17) is 32.9 Å². The summed E-state index contributed by atoms with van der Waals surface area (Å²) < 4.78 is 7.90. The van der Waals surface area contributed by atoms with Gasteiger partial charge in [0, 0.05) is 37.9 Å². The molecule has 0 unspecified atom stereocenters. The van der Waals surface area contributed by atoms with E-state index in [1.165, 1.54) is 12.1 Å². The minimum Gasteiger partial charge on any atom is -0.478 e. The molecule has 0 radical (unpaired) electrons. The van der Waals surface area contributed by atoms with Crippen LogP contribution in [0.2, 0.25) is 10.0 Å². The van der Waals surface area contributed by atoms with E-state index >= 15 is 0 Å². The highest BCUT2D eigenvalue weighted by molar-refractivity contribution is 6.37. The summed E-state index contributed by atoms with van der Waals surface area (Å²) >= 11 is 12.2. The van der Waals surface area contributed by atoms with E-state index in [0.717, 1.165) is 72.3 Å². The monoisotopic (exact) mass is 639 g/mol. The van der Waals surface area contributed by atoms with Crippen LogP contribution in [0.3, 0.4) is 0 Å². The third-order valence-corrected chi connectivity index (χ3v) is 7.99. The van der Waals surface area contributed by atoms with Crippen molar-refractivity contribution in [2.75, 3.05) is 30.5 Å². The Labute approximate surface area is 268 Å². The van der Waals surface area contributed by atoms with Gasteiger partial charge in [-0.2, -0.15) is 0 Å². The maximum absolute atomic E-state index is 12.8. The maximum atomic E-state index is 12.8. The number of carboxylic acid groups (broad SMARTS) is 1. The van der Waals surface area contributed by atoms with Crippen LogP contribution in [0, 0.1) is 0 Å². The van der Waals surface area contributed by atoms with Crippen molar-refractivity contribution in [2.45, 2.75) is 58.9 Å². The number of benzene rings is 3. The molecular weight excluding hydrogens is 601 g/mol. The number of amides is 2. The van der Waals surface area contributed by atoms with Crippen molar-refractivity contribution in [1.82, 2.24) is 14.9 Å². The van der Waals surface area contributed by atoms with Crippen molar-refractivity contribution in [3.05, 3.63) is 81.6 Å². The molecule has 0 saturated carbocycles. The lowest BCUT2D eigenvalue weighted by Crippen LogP contribution is -2.38. The SMILES string of the molecule is CCCCCN(C(=O)NC)c1ccc2nc(CCCC)n(Cc3ccc(NCOc4c(Cl)ccc(Cl)c4C(=O)O)cc3)c2c1. The number of anilines is 2. The van der Waals surface area contributed by atoms with Crippen molar-refractivity contribution in [3.8, 4) is 5.75 Å². The van der Waals surface area contributed by atoms with Crippen molar-refractivity contribution >= 4 is 57.6 Å². The number of urea groups is 1. The number of hydrogen-bond acceptors (Lipinski definition) is 5. The summed E-state index contributed by atoms with van der Waals surface area (Å²) in [5.41, 5.74) is 4.44. The highest BCUT2D eigenvalue weighted by atomic mass is 35.5. The zero-order valence-corrected chi connectivity index (χ0v) is 26.8. The van der Waals surface area contributed by atoms with Gasteiger partial charge < -0.3 is 25.0 Å². The lowest BCUT2D eigenvalue weighted by Gasteiger charge is -2.22. The second-order valence-corrected chi connectivity index (χ2v) is 11.3. The number of halogens is 2. The fourth-order valence-corrected chi connectivity index (χ4v) is 5.45.